The first-order valence-corrected chi connectivity index (χ1v) is 7.46. The molecule has 0 aliphatic heterocycles. The van der Waals surface area contributed by atoms with Gasteiger partial charge in [0.25, 0.3) is 0 Å². The lowest BCUT2D eigenvalue weighted by Crippen LogP contribution is -2.39. The lowest BCUT2D eigenvalue weighted by molar-refractivity contribution is -0.139. The fourth-order valence-corrected chi connectivity index (χ4v) is 1.67. The van der Waals surface area contributed by atoms with Crippen LogP contribution in [0.2, 0.25) is 0 Å². The van der Waals surface area contributed by atoms with Crippen LogP contribution in [0.25, 0.3) is 0 Å². The van der Waals surface area contributed by atoms with Crippen LogP contribution in [0.3, 0.4) is 0 Å². The third kappa shape index (κ3) is 6.07. The molecule has 0 aliphatic rings. The van der Waals surface area contributed by atoms with E-state index in [0.717, 1.165) is 0 Å². The molecule has 1 aromatic carbocycles. The van der Waals surface area contributed by atoms with Crippen molar-refractivity contribution in [1.29, 1.82) is 0 Å². The highest BCUT2D eigenvalue weighted by Crippen LogP contribution is 2.19. The molecule has 0 saturated heterocycles. The predicted molar refractivity (Wildman–Crippen MR) is 88.2 cm³/mol. The molecule has 2 amide bonds. The van der Waals surface area contributed by atoms with Gasteiger partial charge in [-0.25, -0.2) is 10.2 Å². The molecule has 8 nitrogen and oxygen atoms in total. The average Bonchev–Trinajstić information content (AvgIpc) is 2.53. The van der Waals surface area contributed by atoms with E-state index >= 15 is 0 Å². The van der Waals surface area contributed by atoms with Crippen molar-refractivity contribution in [2.45, 2.75) is 20.8 Å². The van der Waals surface area contributed by atoms with Crippen molar-refractivity contribution < 1.29 is 24.2 Å². The summed E-state index contributed by atoms with van der Waals surface area (Å²) in [7, 11) is 0. The third-order valence-electron chi connectivity index (χ3n) is 2.79. The Balaban J connectivity index is 2.70. The topological polar surface area (TPSA) is 117 Å². The van der Waals surface area contributed by atoms with Gasteiger partial charge in [-0.3, -0.25) is 9.59 Å². The maximum Gasteiger partial charge on any atom is 0.339 e. The number of hydrazone groups is 1. The monoisotopic (exact) mass is 335 g/mol. The summed E-state index contributed by atoms with van der Waals surface area (Å²) in [5.41, 5.74) is 2.51. The highest BCUT2D eigenvalue weighted by molar-refractivity contribution is 6.35. The molecule has 1 rings (SSSR count). The molecule has 0 atom stereocenters. The summed E-state index contributed by atoms with van der Waals surface area (Å²) < 4.78 is 5.23. The zero-order valence-corrected chi connectivity index (χ0v) is 13.8. The first-order valence-electron chi connectivity index (χ1n) is 7.46. The van der Waals surface area contributed by atoms with E-state index in [2.05, 4.69) is 15.8 Å². The van der Waals surface area contributed by atoms with E-state index in [1.54, 1.807) is 13.0 Å². The van der Waals surface area contributed by atoms with Gasteiger partial charge in [0.2, 0.25) is 0 Å². The predicted octanol–water partition coefficient (Wildman–Crippen LogP) is 1.01. The van der Waals surface area contributed by atoms with Crippen LogP contribution in [0.15, 0.2) is 23.3 Å². The molecule has 0 aliphatic carbocycles. The number of ether oxygens (including phenoxy) is 1. The summed E-state index contributed by atoms with van der Waals surface area (Å²) in [5, 5.41) is 15.3. The van der Waals surface area contributed by atoms with Crippen LogP contribution in [0.1, 0.15) is 36.7 Å². The Kier molecular flexibility index (Phi) is 7.41. The van der Waals surface area contributed by atoms with Crippen LogP contribution in [-0.2, 0) is 9.59 Å². The fraction of sp³-hybridized carbons (Fsp3) is 0.375. The summed E-state index contributed by atoms with van der Waals surface area (Å²) >= 11 is 0. The minimum Gasteiger partial charge on any atom is -0.493 e. The molecule has 0 bridgehead atoms. The van der Waals surface area contributed by atoms with Gasteiger partial charge in [-0.2, -0.15) is 5.10 Å². The second-order valence-corrected chi connectivity index (χ2v) is 5.30. The Bertz CT molecular complexity index is 641. The SMILES string of the molecule is CCOc1ccc(/C=N\NC(=O)C(=O)NCC(C)C)cc1C(=O)O. The summed E-state index contributed by atoms with van der Waals surface area (Å²) in [6, 6.07) is 4.46. The van der Waals surface area contributed by atoms with Gasteiger partial charge < -0.3 is 15.2 Å². The first-order chi connectivity index (χ1) is 11.3. The van der Waals surface area contributed by atoms with Crippen molar-refractivity contribution in [3.63, 3.8) is 0 Å². The van der Waals surface area contributed by atoms with E-state index < -0.39 is 17.8 Å². The smallest absolute Gasteiger partial charge is 0.339 e. The second kappa shape index (κ2) is 9.29. The van der Waals surface area contributed by atoms with Crippen molar-refractivity contribution in [1.82, 2.24) is 10.7 Å². The molecule has 0 saturated carbocycles. The van der Waals surface area contributed by atoms with Crippen LogP contribution in [0.5, 0.6) is 5.75 Å². The van der Waals surface area contributed by atoms with Gasteiger partial charge in [-0.05, 0) is 36.6 Å². The highest BCUT2D eigenvalue weighted by atomic mass is 16.5. The summed E-state index contributed by atoms with van der Waals surface area (Å²) in [6.07, 6.45) is 1.25. The molecule has 3 N–H and O–H groups in total. The number of hydrogen-bond acceptors (Lipinski definition) is 5. The Morgan fingerprint density at radius 2 is 2.00 bits per heavy atom. The number of carbonyl (C=O) groups excluding carboxylic acids is 2. The molecule has 1 aromatic rings. The number of rotatable bonds is 7. The fourth-order valence-electron chi connectivity index (χ4n) is 1.67. The van der Waals surface area contributed by atoms with E-state index in [4.69, 9.17) is 9.84 Å². The number of aromatic carboxylic acids is 1. The molecule has 130 valence electrons. The molecule has 0 radical (unpaired) electrons. The van der Waals surface area contributed by atoms with Gasteiger partial charge in [-0.1, -0.05) is 13.8 Å². The zero-order valence-electron chi connectivity index (χ0n) is 13.8. The van der Waals surface area contributed by atoms with Crippen LogP contribution in [0.4, 0.5) is 0 Å². The highest BCUT2D eigenvalue weighted by Gasteiger charge is 2.13. The molecular weight excluding hydrogens is 314 g/mol. The van der Waals surface area contributed by atoms with E-state index in [1.165, 1.54) is 18.3 Å². The van der Waals surface area contributed by atoms with Crippen LogP contribution < -0.4 is 15.5 Å². The number of carboxylic acids is 1. The van der Waals surface area contributed by atoms with Crippen molar-refractivity contribution in [2.75, 3.05) is 13.2 Å². The number of benzene rings is 1. The number of carbonyl (C=O) groups is 3. The maximum absolute atomic E-state index is 11.5. The lowest BCUT2D eigenvalue weighted by Gasteiger charge is -2.07. The van der Waals surface area contributed by atoms with Gasteiger partial charge in [0.05, 0.1) is 12.8 Å². The van der Waals surface area contributed by atoms with Gasteiger partial charge in [0.15, 0.2) is 0 Å². The van der Waals surface area contributed by atoms with Gasteiger partial charge in [0.1, 0.15) is 11.3 Å². The minimum atomic E-state index is -1.13. The number of nitrogens with one attached hydrogen (secondary N) is 2. The normalized spacial score (nSPS) is 10.7. The molecule has 0 aromatic heterocycles. The number of nitrogens with zero attached hydrogens (tertiary/aromatic N) is 1. The molecule has 0 fully saturated rings. The van der Waals surface area contributed by atoms with Crippen molar-refractivity contribution in [3.05, 3.63) is 29.3 Å². The van der Waals surface area contributed by atoms with Crippen molar-refractivity contribution in [2.24, 2.45) is 11.0 Å². The van der Waals surface area contributed by atoms with Gasteiger partial charge >= 0.3 is 17.8 Å². The van der Waals surface area contributed by atoms with E-state index in [9.17, 15) is 14.4 Å². The third-order valence-corrected chi connectivity index (χ3v) is 2.79. The molecule has 0 heterocycles. The Morgan fingerprint density at radius 3 is 2.58 bits per heavy atom. The molecule has 8 heteroatoms. The Hall–Kier alpha value is -2.90. The standard InChI is InChI=1S/C16H21N3O5/c1-4-24-13-6-5-11(7-12(13)16(22)23)9-18-19-15(21)14(20)17-8-10(2)3/h5-7,9-10H,4,8H2,1-3H3,(H,17,20)(H,19,21)(H,22,23)/b18-9-. The van der Waals surface area contributed by atoms with Gasteiger partial charge in [0, 0.05) is 6.54 Å². The summed E-state index contributed by atoms with van der Waals surface area (Å²) in [6.45, 7) is 6.29. The Labute approximate surface area is 139 Å². The largest absolute Gasteiger partial charge is 0.493 e. The van der Waals surface area contributed by atoms with E-state index in [-0.39, 0.29) is 17.2 Å². The van der Waals surface area contributed by atoms with Crippen LogP contribution in [-0.4, -0.2) is 42.3 Å². The number of amides is 2. The molecule has 24 heavy (non-hydrogen) atoms. The first kappa shape index (κ1) is 19.1. The lowest BCUT2D eigenvalue weighted by atomic mass is 10.1. The van der Waals surface area contributed by atoms with Gasteiger partial charge in [-0.15, -0.1) is 0 Å². The minimum absolute atomic E-state index is 0.0122. The summed E-state index contributed by atoms with van der Waals surface area (Å²) in [5.74, 6) is -2.33. The summed E-state index contributed by atoms with van der Waals surface area (Å²) in [4.78, 5) is 34.2. The zero-order chi connectivity index (χ0) is 18.1. The molecular formula is C16H21N3O5. The quantitative estimate of drug-likeness (QED) is 0.390. The number of hydrogen-bond donors (Lipinski definition) is 3. The molecule has 0 spiro atoms. The average molecular weight is 335 g/mol. The molecule has 0 unspecified atom stereocenters. The number of carboxylic acid groups (broad SMARTS) is 1. The Morgan fingerprint density at radius 1 is 1.29 bits per heavy atom. The van der Waals surface area contributed by atoms with Crippen molar-refractivity contribution >= 4 is 24.0 Å². The van der Waals surface area contributed by atoms with Crippen molar-refractivity contribution in [3.8, 4) is 5.75 Å². The van der Waals surface area contributed by atoms with E-state index in [1.807, 2.05) is 13.8 Å². The van der Waals surface area contributed by atoms with Crippen LogP contribution >= 0.6 is 0 Å². The maximum atomic E-state index is 11.5. The second-order valence-electron chi connectivity index (χ2n) is 5.30. The van der Waals surface area contributed by atoms with E-state index in [0.29, 0.717) is 18.7 Å². The van der Waals surface area contributed by atoms with Crippen LogP contribution in [0, 0.1) is 5.92 Å².